The van der Waals surface area contributed by atoms with Crippen LogP contribution < -0.4 is 15.0 Å². The molecule has 0 spiro atoms. The van der Waals surface area contributed by atoms with E-state index in [0.717, 1.165) is 22.6 Å². The lowest BCUT2D eigenvalue weighted by molar-refractivity contribution is -0.125. The lowest BCUT2D eigenvalue weighted by Gasteiger charge is -2.16. The summed E-state index contributed by atoms with van der Waals surface area (Å²) in [4.78, 5) is 25.6. The molecule has 0 aliphatic carbocycles. The van der Waals surface area contributed by atoms with Gasteiger partial charge >= 0.3 is 0 Å². The molecule has 1 saturated heterocycles. The summed E-state index contributed by atoms with van der Waals surface area (Å²) >= 11 is 0. The van der Waals surface area contributed by atoms with Gasteiger partial charge in [-0.1, -0.05) is 36.4 Å². The molecule has 0 bridgehead atoms. The van der Waals surface area contributed by atoms with Crippen molar-refractivity contribution < 1.29 is 14.3 Å². The van der Waals surface area contributed by atoms with Crippen LogP contribution in [0, 0.1) is 5.92 Å². The maximum Gasteiger partial charge on any atom is 0.227 e. The van der Waals surface area contributed by atoms with Gasteiger partial charge in [-0.3, -0.25) is 9.59 Å². The molecule has 0 radical (unpaired) electrons. The maximum absolute atomic E-state index is 12.2. The van der Waals surface area contributed by atoms with Crippen LogP contribution >= 0.6 is 0 Å². The first kappa shape index (κ1) is 17.7. The third-order valence-corrected chi connectivity index (χ3v) is 4.53. The summed E-state index contributed by atoms with van der Waals surface area (Å²) in [5, 5.41) is 2.61. The minimum Gasteiger partial charge on any atom is -0.497 e. The van der Waals surface area contributed by atoms with E-state index >= 15 is 0 Å². The van der Waals surface area contributed by atoms with Gasteiger partial charge in [-0.2, -0.15) is 0 Å². The Labute approximate surface area is 153 Å². The van der Waals surface area contributed by atoms with Crippen molar-refractivity contribution in [3.8, 4) is 5.75 Å². The van der Waals surface area contributed by atoms with Gasteiger partial charge in [-0.25, -0.2) is 0 Å². The zero-order valence-corrected chi connectivity index (χ0v) is 14.9. The highest BCUT2D eigenvalue weighted by molar-refractivity contribution is 6.00. The van der Waals surface area contributed by atoms with Crippen LogP contribution in [0.1, 0.15) is 17.5 Å². The smallest absolute Gasteiger partial charge is 0.227 e. The molecule has 1 N–H and O–H groups in total. The number of nitrogens with one attached hydrogen (secondary N) is 1. The number of anilines is 1. The highest BCUT2D eigenvalue weighted by Crippen LogP contribution is 2.26. The fraction of sp³-hybridized carbons (Fsp3) is 0.238. The fourth-order valence-electron chi connectivity index (χ4n) is 3.01. The van der Waals surface area contributed by atoms with E-state index in [-0.39, 0.29) is 24.2 Å². The summed E-state index contributed by atoms with van der Waals surface area (Å²) in [6, 6.07) is 15.6. The van der Waals surface area contributed by atoms with Gasteiger partial charge in [0.05, 0.1) is 13.0 Å². The zero-order chi connectivity index (χ0) is 18.5. The average molecular weight is 350 g/mol. The van der Waals surface area contributed by atoms with Crippen molar-refractivity contribution in [2.45, 2.75) is 6.42 Å². The number of nitrogens with zero attached hydrogens (tertiary/aromatic N) is 1. The van der Waals surface area contributed by atoms with Gasteiger partial charge in [0.25, 0.3) is 0 Å². The third kappa shape index (κ3) is 3.94. The minimum absolute atomic E-state index is 0.0138. The molecule has 1 aliphatic rings. The molecule has 5 heteroatoms. The van der Waals surface area contributed by atoms with Crippen LogP contribution in [0.15, 0.2) is 48.5 Å². The maximum atomic E-state index is 12.2. The van der Waals surface area contributed by atoms with Gasteiger partial charge in [0.2, 0.25) is 11.8 Å². The Morgan fingerprint density at radius 3 is 2.19 bits per heavy atom. The van der Waals surface area contributed by atoms with Crippen molar-refractivity contribution in [3.63, 3.8) is 0 Å². The largest absolute Gasteiger partial charge is 0.497 e. The Morgan fingerprint density at radius 2 is 1.65 bits per heavy atom. The number of ether oxygens (including phenoxy) is 1. The number of rotatable bonds is 5. The van der Waals surface area contributed by atoms with E-state index in [1.807, 2.05) is 60.7 Å². The van der Waals surface area contributed by atoms with Crippen molar-refractivity contribution in [1.82, 2.24) is 5.32 Å². The van der Waals surface area contributed by atoms with Crippen LogP contribution in [-0.4, -0.2) is 32.5 Å². The van der Waals surface area contributed by atoms with Gasteiger partial charge in [0.1, 0.15) is 5.75 Å². The molecule has 26 heavy (non-hydrogen) atoms. The van der Waals surface area contributed by atoms with Crippen LogP contribution in [0.3, 0.4) is 0 Å². The second kappa shape index (κ2) is 7.87. The number of methoxy groups -OCH3 is 1. The molecule has 0 saturated carbocycles. The molecule has 134 valence electrons. The first-order valence-corrected chi connectivity index (χ1v) is 8.55. The van der Waals surface area contributed by atoms with Crippen LogP contribution in [-0.2, 0) is 9.59 Å². The normalized spacial score (nSPS) is 16.9. The summed E-state index contributed by atoms with van der Waals surface area (Å²) in [7, 11) is 3.24. The number of benzene rings is 2. The molecule has 0 aromatic heterocycles. The SMILES string of the molecule is CNC(=O)C1CC(=O)N(c2ccc(C=Cc3ccc(OC)cc3)cc2)C1. The Bertz CT molecular complexity index is 810. The van der Waals surface area contributed by atoms with Gasteiger partial charge < -0.3 is 15.0 Å². The molecule has 2 aromatic carbocycles. The number of carbonyl (C=O) groups is 2. The average Bonchev–Trinajstić information content (AvgIpc) is 3.08. The second-order valence-corrected chi connectivity index (χ2v) is 6.22. The quantitative estimate of drug-likeness (QED) is 0.844. The predicted octanol–water partition coefficient (Wildman–Crippen LogP) is 2.96. The first-order chi connectivity index (χ1) is 12.6. The molecule has 1 aliphatic heterocycles. The van der Waals surface area contributed by atoms with Crippen molar-refractivity contribution in [2.75, 3.05) is 25.6 Å². The summed E-state index contributed by atoms with van der Waals surface area (Å²) < 4.78 is 5.15. The molecule has 2 aromatic rings. The zero-order valence-electron chi connectivity index (χ0n) is 14.9. The first-order valence-electron chi connectivity index (χ1n) is 8.55. The van der Waals surface area contributed by atoms with E-state index in [1.165, 1.54) is 0 Å². The Hall–Kier alpha value is -3.08. The number of hydrogen-bond acceptors (Lipinski definition) is 3. The summed E-state index contributed by atoms with van der Waals surface area (Å²) in [6.45, 7) is 0.430. The highest BCUT2D eigenvalue weighted by atomic mass is 16.5. The topological polar surface area (TPSA) is 58.6 Å². The molecule has 1 heterocycles. The second-order valence-electron chi connectivity index (χ2n) is 6.22. The van der Waals surface area contributed by atoms with E-state index < -0.39 is 0 Å². The summed E-state index contributed by atoms with van der Waals surface area (Å²) in [5.74, 6) is 0.457. The van der Waals surface area contributed by atoms with Gasteiger partial charge in [0.15, 0.2) is 0 Å². The Morgan fingerprint density at radius 1 is 1.08 bits per heavy atom. The molecular formula is C21H22N2O3. The lowest BCUT2D eigenvalue weighted by Crippen LogP contribution is -2.30. The third-order valence-electron chi connectivity index (χ3n) is 4.53. The molecule has 3 rings (SSSR count). The van der Waals surface area contributed by atoms with Gasteiger partial charge in [-0.15, -0.1) is 0 Å². The predicted molar refractivity (Wildman–Crippen MR) is 103 cm³/mol. The van der Waals surface area contributed by atoms with Crippen molar-refractivity contribution in [2.24, 2.45) is 5.92 Å². The molecule has 1 atom stereocenters. The highest BCUT2D eigenvalue weighted by Gasteiger charge is 2.34. The van der Waals surface area contributed by atoms with Crippen molar-refractivity contribution >= 4 is 29.7 Å². The molecule has 1 unspecified atom stereocenters. The molecule has 5 nitrogen and oxygen atoms in total. The monoisotopic (exact) mass is 350 g/mol. The summed E-state index contributed by atoms with van der Waals surface area (Å²) in [5.41, 5.74) is 2.94. The van der Waals surface area contributed by atoms with Crippen molar-refractivity contribution in [3.05, 3.63) is 59.7 Å². The fourth-order valence-corrected chi connectivity index (χ4v) is 3.01. The molecule has 2 amide bonds. The van der Waals surface area contributed by atoms with Crippen molar-refractivity contribution in [1.29, 1.82) is 0 Å². The molecule has 1 fully saturated rings. The van der Waals surface area contributed by atoms with E-state index in [4.69, 9.17) is 4.74 Å². The molecular weight excluding hydrogens is 328 g/mol. The van der Waals surface area contributed by atoms with Crippen LogP contribution in [0.25, 0.3) is 12.2 Å². The van der Waals surface area contributed by atoms with Crippen LogP contribution in [0.4, 0.5) is 5.69 Å². The van der Waals surface area contributed by atoms with E-state index in [1.54, 1.807) is 19.1 Å². The Kier molecular flexibility index (Phi) is 5.37. The standard InChI is InChI=1S/C21H22N2O3/c1-22-21(25)17-13-20(24)23(14-17)18-9-5-15(6-10-18)3-4-16-7-11-19(26-2)12-8-16/h3-12,17H,13-14H2,1-2H3,(H,22,25). The lowest BCUT2D eigenvalue weighted by atomic mass is 10.1. The number of amides is 2. The number of hydrogen-bond donors (Lipinski definition) is 1. The van der Waals surface area contributed by atoms with Gasteiger partial charge in [0, 0.05) is 25.7 Å². The van der Waals surface area contributed by atoms with E-state index in [9.17, 15) is 9.59 Å². The summed E-state index contributed by atoms with van der Waals surface area (Å²) in [6.07, 6.45) is 4.31. The Balaban J connectivity index is 1.67. The van der Waals surface area contributed by atoms with Crippen LogP contribution in [0.2, 0.25) is 0 Å². The number of carbonyl (C=O) groups excluding carboxylic acids is 2. The van der Waals surface area contributed by atoms with E-state index in [0.29, 0.717) is 6.54 Å². The van der Waals surface area contributed by atoms with E-state index in [2.05, 4.69) is 5.32 Å². The minimum atomic E-state index is -0.276. The van der Waals surface area contributed by atoms with Gasteiger partial charge in [-0.05, 0) is 35.4 Å². The van der Waals surface area contributed by atoms with Crippen LogP contribution in [0.5, 0.6) is 5.75 Å².